The lowest BCUT2D eigenvalue weighted by molar-refractivity contribution is -0.120. The Balaban J connectivity index is 1.82. The summed E-state index contributed by atoms with van der Waals surface area (Å²) in [5, 5.41) is 24.1. The minimum absolute atomic E-state index is 0.00352. The number of aromatic carboxylic acids is 1. The number of hydrogen-bond donors (Lipinski definition) is 5. The van der Waals surface area contributed by atoms with Gasteiger partial charge >= 0.3 is 5.97 Å². The van der Waals surface area contributed by atoms with Crippen molar-refractivity contribution in [2.24, 2.45) is 5.73 Å². The summed E-state index contributed by atoms with van der Waals surface area (Å²) in [5.74, 6) is -1.78. The maximum atomic E-state index is 12.9. The number of nitrogens with one attached hydrogen (secondary N) is 3. The summed E-state index contributed by atoms with van der Waals surface area (Å²) < 4.78 is 2.09. The monoisotopic (exact) mass is 539 g/mol. The summed E-state index contributed by atoms with van der Waals surface area (Å²) in [6, 6.07) is 16.1. The highest BCUT2D eigenvalue weighted by Crippen LogP contribution is 2.33. The predicted octanol–water partition coefficient (Wildman–Crippen LogP) is 4.08. The Labute approximate surface area is 232 Å². The highest BCUT2D eigenvalue weighted by Gasteiger charge is 2.19. The van der Waals surface area contributed by atoms with Crippen molar-refractivity contribution in [1.82, 2.24) is 15.2 Å². The van der Waals surface area contributed by atoms with Crippen molar-refractivity contribution in [3.05, 3.63) is 94.2 Å². The van der Waals surface area contributed by atoms with Crippen LogP contribution in [0.25, 0.3) is 22.0 Å². The minimum atomic E-state index is -1.06. The van der Waals surface area contributed by atoms with Gasteiger partial charge in [0.25, 0.3) is 5.91 Å². The molecule has 0 unspecified atom stereocenters. The molecule has 0 saturated carbocycles. The lowest BCUT2D eigenvalue weighted by Crippen LogP contribution is -2.36. The molecule has 0 aliphatic heterocycles. The number of aromatic nitrogens is 1. The standard InChI is InChI=1S/C31H33N5O4/c1-4-34-28(37)16-35-30(38)21-8-7-19(25(14-21)24-10-6-18(3)12-26(24)31(39)40)13-22-17-36(5-2)27-15-20(29(32)33)9-11-23(22)27/h6-12,14-15,17H,4-5,13,16H2,1-3H3,(H3,32,33)(H,34,37)(H,35,38)(H,39,40). The van der Waals surface area contributed by atoms with Crippen LogP contribution in [0.2, 0.25) is 0 Å². The SMILES string of the molecule is CCNC(=O)CNC(=O)c1ccc(Cc2cn(CC)c3cc(C(=N)N)ccc23)c(-c2ccc(C)cc2C(=O)O)c1. The number of nitrogens with zero attached hydrogens (tertiary/aromatic N) is 1. The number of likely N-dealkylation sites (N-methyl/N-ethyl adjacent to an activating group) is 1. The molecule has 9 nitrogen and oxygen atoms in total. The average Bonchev–Trinajstić information content (AvgIpc) is 3.28. The van der Waals surface area contributed by atoms with Crippen molar-refractivity contribution in [3.63, 3.8) is 0 Å². The number of amides is 2. The number of carboxylic acids is 1. The van der Waals surface area contributed by atoms with Crippen molar-refractivity contribution < 1.29 is 19.5 Å². The zero-order valence-electron chi connectivity index (χ0n) is 22.8. The first-order valence-electron chi connectivity index (χ1n) is 13.1. The topological polar surface area (TPSA) is 150 Å². The second kappa shape index (κ2) is 11.9. The van der Waals surface area contributed by atoms with E-state index in [9.17, 15) is 19.5 Å². The molecule has 9 heteroatoms. The number of carbonyl (C=O) groups is 3. The van der Waals surface area contributed by atoms with E-state index >= 15 is 0 Å². The number of aryl methyl sites for hydroxylation is 2. The van der Waals surface area contributed by atoms with E-state index in [1.54, 1.807) is 31.2 Å². The fourth-order valence-electron chi connectivity index (χ4n) is 4.86. The molecule has 0 atom stereocenters. The Kier molecular flexibility index (Phi) is 8.33. The van der Waals surface area contributed by atoms with Crippen LogP contribution in [0.5, 0.6) is 0 Å². The van der Waals surface area contributed by atoms with Crippen molar-refractivity contribution >= 4 is 34.5 Å². The van der Waals surface area contributed by atoms with Crippen LogP contribution in [0.15, 0.2) is 60.8 Å². The van der Waals surface area contributed by atoms with Crippen LogP contribution in [0.3, 0.4) is 0 Å². The van der Waals surface area contributed by atoms with E-state index in [1.807, 2.05) is 44.2 Å². The molecule has 0 bridgehead atoms. The molecule has 40 heavy (non-hydrogen) atoms. The molecule has 1 aromatic heterocycles. The highest BCUT2D eigenvalue weighted by atomic mass is 16.4. The first-order chi connectivity index (χ1) is 19.1. The summed E-state index contributed by atoms with van der Waals surface area (Å²) in [5.41, 5.74) is 11.6. The number of nitrogens with two attached hydrogens (primary N) is 1. The van der Waals surface area contributed by atoms with Crippen molar-refractivity contribution in [2.45, 2.75) is 33.7 Å². The van der Waals surface area contributed by atoms with E-state index < -0.39 is 11.9 Å². The van der Waals surface area contributed by atoms with Gasteiger partial charge in [-0.25, -0.2) is 4.79 Å². The summed E-state index contributed by atoms with van der Waals surface area (Å²) in [6.45, 7) is 6.69. The maximum absolute atomic E-state index is 12.9. The van der Waals surface area contributed by atoms with Crippen LogP contribution in [0.4, 0.5) is 0 Å². The van der Waals surface area contributed by atoms with Crippen LogP contribution in [0, 0.1) is 12.3 Å². The van der Waals surface area contributed by atoms with Gasteiger partial charge in [-0.05, 0) is 67.3 Å². The first kappa shape index (κ1) is 28.1. The zero-order chi connectivity index (χ0) is 29.0. The number of rotatable bonds is 10. The first-order valence-corrected chi connectivity index (χ1v) is 13.1. The summed E-state index contributed by atoms with van der Waals surface area (Å²) in [4.78, 5) is 37.0. The van der Waals surface area contributed by atoms with E-state index in [0.29, 0.717) is 35.2 Å². The molecule has 6 N–H and O–H groups in total. The van der Waals surface area contributed by atoms with Gasteiger partial charge < -0.3 is 26.0 Å². The number of nitrogen functional groups attached to an aromatic ring is 1. The van der Waals surface area contributed by atoms with Crippen molar-refractivity contribution in [3.8, 4) is 11.1 Å². The maximum Gasteiger partial charge on any atom is 0.336 e. The molecule has 0 saturated heterocycles. The number of amidine groups is 1. The van der Waals surface area contributed by atoms with Gasteiger partial charge in [-0.2, -0.15) is 0 Å². The van der Waals surface area contributed by atoms with E-state index in [-0.39, 0.29) is 23.9 Å². The number of benzene rings is 3. The van der Waals surface area contributed by atoms with E-state index in [0.717, 1.165) is 34.1 Å². The number of carbonyl (C=O) groups excluding carboxylic acids is 2. The largest absolute Gasteiger partial charge is 0.478 e. The van der Waals surface area contributed by atoms with Crippen molar-refractivity contribution in [1.29, 1.82) is 5.41 Å². The number of carboxylic acid groups (broad SMARTS) is 1. The molecule has 2 amide bonds. The third-order valence-corrected chi connectivity index (χ3v) is 6.85. The summed E-state index contributed by atoms with van der Waals surface area (Å²) >= 11 is 0. The molecule has 0 radical (unpaired) electrons. The molecule has 0 fully saturated rings. The lowest BCUT2D eigenvalue weighted by atomic mass is 9.89. The Morgan fingerprint density at radius 1 is 0.925 bits per heavy atom. The minimum Gasteiger partial charge on any atom is -0.478 e. The van der Waals surface area contributed by atoms with Gasteiger partial charge in [-0.3, -0.25) is 15.0 Å². The molecule has 206 valence electrons. The molecule has 4 rings (SSSR count). The molecule has 0 aliphatic rings. The van der Waals surface area contributed by atoms with Crippen LogP contribution >= 0.6 is 0 Å². The fraction of sp³-hybridized carbons (Fsp3) is 0.226. The third-order valence-electron chi connectivity index (χ3n) is 6.85. The van der Waals surface area contributed by atoms with Gasteiger partial charge in [0.15, 0.2) is 0 Å². The van der Waals surface area contributed by atoms with Crippen LogP contribution in [0.1, 0.15) is 56.8 Å². The second-order valence-corrected chi connectivity index (χ2v) is 9.63. The Bertz CT molecular complexity index is 1640. The van der Waals surface area contributed by atoms with Gasteiger partial charge in [0.1, 0.15) is 5.84 Å². The van der Waals surface area contributed by atoms with Crippen LogP contribution < -0.4 is 16.4 Å². The van der Waals surface area contributed by atoms with Crippen LogP contribution in [-0.2, 0) is 17.8 Å². The molecule has 0 aliphatic carbocycles. The summed E-state index contributed by atoms with van der Waals surface area (Å²) in [6.07, 6.45) is 2.53. The Morgan fingerprint density at radius 2 is 1.68 bits per heavy atom. The fourth-order valence-corrected chi connectivity index (χ4v) is 4.86. The molecule has 4 aromatic rings. The predicted molar refractivity (Wildman–Crippen MR) is 156 cm³/mol. The zero-order valence-corrected chi connectivity index (χ0v) is 22.8. The van der Waals surface area contributed by atoms with Gasteiger partial charge in [0, 0.05) is 47.7 Å². The van der Waals surface area contributed by atoms with Crippen LogP contribution in [-0.4, -0.2) is 46.4 Å². The van der Waals surface area contributed by atoms with Gasteiger partial charge in [-0.15, -0.1) is 0 Å². The quantitative estimate of drug-likeness (QED) is 0.152. The molecular weight excluding hydrogens is 506 g/mol. The molecular formula is C31H33N5O4. The third kappa shape index (κ3) is 5.88. The molecule has 0 spiro atoms. The highest BCUT2D eigenvalue weighted by molar-refractivity contribution is 6.01. The second-order valence-electron chi connectivity index (χ2n) is 9.63. The van der Waals surface area contributed by atoms with E-state index in [2.05, 4.69) is 21.4 Å². The molecule has 1 heterocycles. The Morgan fingerprint density at radius 3 is 2.35 bits per heavy atom. The van der Waals surface area contributed by atoms with Gasteiger partial charge in [0.05, 0.1) is 12.1 Å². The molecule has 3 aromatic carbocycles. The van der Waals surface area contributed by atoms with Gasteiger partial charge in [-0.1, -0.05) is 35.9 Å². The number of hydrogen-bond acceptors (Lipinski definition) is 4. The lowest BCUT2D eigenvalue weighted by Gasteiger charge is -2.15. The van der Waals surface area contributed by atoms with E-state index in [1.165, 1.54) is 0 Å². The van der Waals surface area contributed by atoms with Gasteiger partial charge in [0.2, 0.25) is 5.91 Å². The average molecular weight is 540 g/mol. The summed E-state index contributed by atoms with van der Waals surface area (Å²) in [7, 11) is 0. The smallest absolute Gasteiger partial charge is 0.336 e. The van der Waals surface area contributed by atoms with E-state index in [4.69, 9.17) is 11.1 Å². The normalized spacial score (nSPS) is 10.9. The number of fused-ring (bicyclic) bond motifs is 1. The Hall–Kier alpha value is -4.92. The van der Waals surface area contributed by atoms with Crippen molar-refractivity contribution in [2.75, 3.05) is 13.1 Å².